The van der Waals surface area contributed by atoms with Gasteiger partial charge in [-0.15, -0.1) is 0 Å². The average molecular weight is 278 g/mol. The quantitative estimate of drug-likeness (QED) is 0.613. The van der Waals surface area contributed by atoms with E-state index in [9.17, 15) is 4.79 Å². The third-order valence-corrected chi connectivity index (χ3v) is 3.35. The molecule has 4 heteroatoms. The Morgan fingerprint density at radius 1 is 1.10 bits per heavy atom. The van der Waals surface area contributed by atoms with Gasteiger partial charge in [0.2, 0.25) is 0 Å². The summed E-state index contributed by atoms with van der Waals surface area (Å²) in [5.41, 5.74) is 2.26. The highest BCUT2D eigenvalue weighted by molar-refractivity contribution is 6.28. The number of hydrogen-bond acceptors (Lipinski definition) is 2. The Balaban J connectivity index is 1.93. The Kier molecular flexibility index (Phi) is 3.36. The Labute approximate surface area is 123 Å². The molecular formula is C17H16N3O+. The van der Waals surface area contributed by atoms with E-state index in [-0.39, 0.29) is 5.91 Å². The molecule has 0 N–H and O–H groups in total. The number of aromatic nitrogens is 1. The van der Waals surface area contributed by atoms with Crippen LogP contribution in [0.5, 0.6) is 0 Å². The van der Waals surface area contributed by atoms with Gasteiger partial charge in [-0.2, -0.15) is 0 Å². The molecule has 1 amide bonds. The summed E-state index contributed by atoms with van der Waals surface area (Å²) >= 11 is 0. The second kappa shape index (κ2) is 5.32. The van der Waals surface area contributed by atoms with Crippen molar-refractivity contribution in [3.63, 3.8) is 0 Å². The molecule has 4 nitrogen and oxygen atoms in total. The first-order valence-electron chi connectivity index (χ1n) is 6.77. The van der Waals surface area contributed by atoms with E-state index in [0.29, 0.717) is 11.5 Å². The lowest BCUT2D eigenvalue weighted by atomic mass is 10.2. The zero-order chi connectivity index (χ0) is 14.8. The SMILES string of the molecule is CC1=N/C(=C\c2cc[n+](C)cc2)C(=O)N1c1ccccc1. The lowest BCUT2D eigenvalue weighted by Gasteiger charge is -2.15. The van der Waals surface area contributed by atoms with Crippen molar-refractivity contribution >= 4 is 23.5 Å². The molecule has 0 bridgehead atoms. The molecule has 0 unspecified atom stereocenters. The van der Waals surface area contributed by atoms with Gasteiger partial charge in [0, 0.05) is 12.1 Å². The van der Waals surface area contributed by atoms with Crippen LogP contribution in [-0.4, -0.2) is 11.7 Å². The number of hydrogen-bond donors (Lipinski definition) is 0. The molecule has 2 aromatic rings. The normalized spacial score (nSPS) is 16.5. The summed E-state index contributed by atoms with van der Waals surface area (Å²) in [6.45, 7) is 1.84. The Bertz CT molecular complexity index is 730. The number of rotatable bonds is 2. The van der Waals surface area contributed by atoms with Crippen molar-refractivity contribution < 1.29 is 9.36 Å². The van der Waals surface area contributed by atoms with Gasteiger partial charge in [-0.1, -0.05) is 18.2 Å². The van der Waals surface area contributed by atoms with E-state index in [1.54, 1.807) is 4.90 Å². The molecule has 1 aromatic heterocycles. The topological polar surface area (TPSA) is 36.6 Å². The van der Waals surface area contributed by atoms with E-state index >= 15 is 0 Å². The number of aryl methyl sites for hydroxylation is 1. The van der Waals surface area contributed by atoms with Crippen LogP contribution in [0.15, 0.2) is 65.5 Å². The fourth-order valence-electron chi connectivity index (χ4n) is 2.28. The predicted octanol–water partition coefficient (Wildman–Crippen LogP) is 2.32. The van der Waals surface area contributed by atoms with Crippen LogP contribution in [0.25, 0.3) is 6.08 Å². The highest BCUT2D eigenvalue weighted by atomic mass is 16.2. The number of carbonyl (C=O) groups excluding carboxylic acids is 1. The predicted molar refractivity (Wildman–Crippen MR) is 82.6 cm³/mol. The van der Waals surface area contributed by atoms with Crippen molar-refractivity contribution in [3.8, 4) is 0 Å². The van der Waals surface area contributed by atoms with Crippen molar-refractivity contribution in [1.82, 2.24) is 0 Å². The van der Waals surface area contributed by atoms with E-state index in [1.165, 1.54) is 0 Å². The Morgan fingerprint density at radius 2 is 1.76 bits per heavy atom. The van der Waals surface area contributed by atoms with E-state index in [0.717, 1.165) is 11.3 Å². The molecule has 0 fully saturated rings. The zero-order valence-electron chi connectivity index (χ0n) is 12.0. The first-order valence-corrected chi connectivity index (χ1v) is 6.77. The smallest absolute Gasteiger partial charge is 0.266 e. The fourth-order valence-corrected chi connectivity index (χ4v) is 2.28. The summed E-state index contributed by atoms with van der Waals surface area (Å²) in [7, 11) is 1.96. The molecule has 3 rings (SSSR count). The number of benzene rings is 1. The molecule has 1 aliphatic heterocycles. The summed E-state index contributed by atoms with van der Waals surface area (Å²) < 4.78 is 1.95. The van der Waals surface area contributed by atoms with E-state index in [2.05, 4.69) is 4.99 Å². The van der Waals surface area contributed by atoms with E-state index in [1.807, 2.05) is 79.5 Å². The zero-order valence-corrected chi connectivity index (χ0v) is 12.0. The van der Waals surface area contributed by atoms with Crippen molar-refractivity contribution in [2.75, 3.05) is 4.90 Å². The summed E-state index contributed by atoms with van der Waals surface area (Å²) in [6.07, 6.45) is 5.70. The first kappa shape index (κ1) is 13.2. The van der Waals surface area contributed by atoms with Crippen LogP contribution in [0.2, 0.25) is 0 Å². The molecule has 0 saturated heterocycles. The summed E-state index contributed by atoms with van der Waals surface area (Å²) in [4.78, 5) is 18.6. The summed E-state index contributed by atoms with van der Waals surface area (Å²) in [5.74, 6) is 0.603. The van der Waals surface area contributed by atoms with Crippen LogP contribution >= 0.6 is 0 Å². The molecule has 0 atom stereocenters. The minimum Gasteiger partial charge on any atom is -0.266 e. The summed E-state index contributed by atoms with van der Waals surface area (Å²) in [5, 5.41) is 0. The molecule has 104 valence electrons. The van der Waals surface area contributed by atoms with Gasteiger partial charge in [0.25, 0.3) is 5.91 Å². The minimum atomic E-state index is -0.0908. The minimum absolute atomic E-state index is 0.0908. The van der Waals surface area contributed by atoms with Gasteiger partial charge in [-0.25, -0.2) is 9.56 Å². The van der Waals surface area contributed by atoms with Crippen LogP contribution in [-0.2, 0) is 11.8 Å². The average Bonchev–Trinajstić information content (AvgIpc) is 2.77. The van der Waals surface area contributed by atoms with Gasteiger partial charge < -0.3 is 0 Å². The number of nitrogens with zero attached hydrogens (tertiary/aromatic N) is 3. The maximum Gasteiger partial charge on any atom is 0.282 e. The molecule has 21 heavy (non-hydrogen) atoms. The van der Waals surface area contributed by atoms with Gasteiger partial charge in [0.05, 0.1) is 5.69 Å². The van der Waals surface area contributed by atoms with Crippen molar-refractivity contribution in [3.05, 3.63) is 66.1 Å². The van der Waals surface area contributed by atoms with Crippen LogP contribution in [0.4, 0.5) is 5.69 Å². The standard InChI is InChI=1S/C17H16N3O/c1-13-18-16(12-14-8-10-19(2)11-9-14)17(21)20(13)15-6-4-3-5-7-15/h3-12H,1-2H3/q+1. The molecular weight excluding hydrogens is 262 g/mol. The van der Waals surface area contributed by atoms with Crippen LogP contribution in [0.3, 0.4) is 0 Å². The lowest BCUT2D eigenvalue weighted by molar-refractivity contribution is -0.671. The second-order valence-electron chi connectivity index (χ2n) is 4.96. The Morgan fingerprint density at radius 3 is 2.43 bits per heavy atom. The van der Waals surface area contributed by atoms with Crippen LogP contribution in [0.1, 0.15) is 12.5 Å². The molecule has 0 spiro atoms. The monoisotopic (exact) mass is 278 g/mol. The number of carbonyl (C=O) groups is 1. The molecule has 0 saturated carbocycles. The van der Waals surface area contributed by atoms with Crippen molar-refractivity contribution in [2.24, 2.45) is 12.0 Å². The number of anilines is 1. The highest BCUT2D eigenvalue weighted by Crippen LogP contribution is 2.24. The van der Waals surface area contributed by atoms with Crippen molar-refractivity contribution in [2.45, 2.75) is 6.92 Å². The highest BCUT2D eigenvalue weighted by Gasteiger charge is 2.28. The third-order valence-electron chi connectivity index (χ3n) is 3.35. The van der Waals surface area contributed by atoms with Gasteiger partial charge in [0.15, 0.2) is 12.4 Å². The summed E-state index contributed by atoms with van der Waals surface area (Å²) in [6, 6.07) is 13.5. The number of amidine groups is 1. The Hall–Kier alpha value is -2.75. The van der Waals surface area contributed by atoms with Gasteiger partial charge >= 0.3 is 0 Å². The van der Waals surface area contributed by atoms with E-state index < -0.39 is 0 Å². The molecule has 1 aliphatic rings. The molecule has 2 heterocycles. The fraction of sp³-hybridized carbons (Fsp3) is 0.118. The number of amides is 1. The molecule has 1 aromatic carbocycles. The number of aliphatic imine (C=N–C) groups is 1. The molecule has 0 aliphatic carbocycles. The maximum atomic E-state index is 12.5. The largest absolute Gasteiger partial charge is 0.282 e. The van der Waals surface area contributed by atoms with Gasteiger partial charge in [-0.05, 0) is 30.7 Å². The van der Waals surface area contributed by atoms with Gasteiger partial charge in [-0.3, -0.25) is 9.69 Å². The number of para-hydroxylation sites is 1. The lowest BCUT2D eigenvalue weighted by Crippen LogP contribution is -2.30. The van der Waals surface area contributed by atoms with Gasteiger partial charge in [0.1, 0.15) is 18.6 Å². The second-order valence-corrected chi connectivity index (χ2v) is 4.96. The van der Waals surface area contributed by atoms with E-state index in [4.69, 9.17) is 0 Å². The molecule has 0 radical (unpaired) electrons. The van der Waals surface area contributed by atoms with Crippen LogP contribution < -0.4 is 9.47 Å². The maximum absolute atomic E-state index is 12.5. The number of pyridine rings is 1. The van der Waals surface area contributed by atoms with Crippen LogP contribution in [0, 0.1) is 0 Å². The van der Waals surface area contributed by atoms with Crippen molar-refractivity contribution in [1.29, 1.82) is 0 Å². The third kappa shape index (κ3) is 2.60. The first-order chi connectivity index (χ1) is 10.1.